The predicted octanol–water partition coefficient (Wildman–Crippen LogP) is 3.18. The summed E-state index contributed by atoms with van der Waals surface area (Å²) >= 11 is 0. The Morgan fingerprint density at radius 2 is 1.76 bits per heavy atom. The van der Waals surface area contributed by atoms with Gasteiger partial charge in [-0.3, -0.25) is 20.0 Å². The van der Waals surface area contributed by atoms with Gasteiger partial charge < -0.3 is 19.5 Å². The molecule has 3 amide bonds. The van der Waals surface area contributed by atoms with Crippen molar-refractivity contribution in [1.29, 1.82) is 0 Å². The number of ether oxygens (including phenoxy) is 3. The first-order valence-electron chi connectivity index (χ1n) is 10.5. The number of benzene rings is 1. The molecule has 1 aliphatic heterocycles. The van der Waals surface area contributed by atoms with E-state index in [9.17, 15) is 9.59 Å². The number of aromatic nitrogens is 2. The largest absolute Gasteiger partial charge is 0.493 e. The lowest BCUT2D eigenvalue weighted by Crippen LogP contribution is -2.41. The molecule has 0 aliphatic carbocycles. The maximum atomic E-state index is 12.1. The summed E-state index contributed by atoms with van der Waals surface area (Å²) in [5, 5.41) is 5.66. The molecular weight excluding hydrogens is 426 g/mol. The van der Waals surface area contributed by atoms with Crippen LogP contribution in [0.4, 0.5) is 10.5 Å². The van der Waals surface area contributed by atoms with Gasteiger partial charge in [0.1, 0.15) is 5.75 Å². The number of methoxy groups -OCH3 is 2. The third-order valence-corrected chi connectivity index (χ3v) is 5.23. The summed E-state index contributed by atoms with van der Waals surface area (Å²) in [6, 6.07) is 7.94. The normalized spacial score (nSPS) is 13.5. The quantitative estimate of drug-likeness (QED) is 0.563. The van der Waals surface area contributed by atoms with Gasteiger partial charge >= 0.3 is 6.03 Å². The van der Waals surface area contributed by atoms with Crippen molar-refractivity contribution < 1.29 is 23.8 Å². The van der Waals surface area contributed by atoms with E-state index in [1.54, 1.807) is 50.7 Å². The van der Waals surface area contributed by atoms with E-state index in [1.165, 1.54) is 6.20 Å². The zero-order valence-electron chi connectivity index (χ0n) is 18.5. The minimum absolute atomic E-state index is 0.217. The van der Waals surface area contributed by atoms with E-state index >= 15 is 0 Å². The van der Waals surface area contributed by atoms with Gasteiger partial charge in [-0.15, -0.1) is 0 Å². The second-order valence-corrected chi connectivity index (χ2v) is 7.51. The third-order valence-electron chi connectivity index (χ3n) is 5.23. The van der Waals surface area contributed by atoms with E-state index in [-0.39, 0.29) is 12.5 Å². The molecule has 2 aromatic heterocycles. The molecule has 0 atom stereocenters. The fraction of sp³-hybridized carbons (Fsp3) is 0.304. The van der Waals surface area contributed by atoms with Gasteiger partial charge in [-0.2, -0.15) is 0 Å². The van der Waals surface area contributed by atoms with E-state index in [4.69, 9.17) is 14.2 Å². The van der Waals surface area contributed by atoms with Crippen LogP contribution in [-0.2, 0) is 4.79 Å². The predicted molar refractivity (Wildman–Crippen MR) is 122 cm³/mol. The summed E-state index contributed by atoms with van der Waals surface area (Å²) in [5.74, 6) is 1.66. The van der Waals surface area contributed by atoms with Crippen LogP contribution in [0.2, 0.25) is 0 Å². The van der Waals surface area contributed by atoms with E-state index in [0.717, 1.165) is 31.3 Å². The summed E-state index contributed by atoms with van der Waals surface area (Å²) in [7, 11) is 3.12. The highest BCUT2D eigenvalue weighted by Crippen LogP contribution is 2.36. The van der Waals surface area contributed by atoms with Crippen LogP contribution in [0.5, 0.6) is 23.1 Å². The van der Waals surface area contributed by atoms with Gasteiger partial charge in [-0.25, -0.2) is 9.78 Å². The molecule has 33 heavy (non-hydrogen) atoms. The molecule has 4 rings (SSSR count). The number of carbonyl (C=O) groups is 2. The highest BCUT2D eigenvalue weighted by atomic mass is 16.5. The molecule has 2 N–H and O–H groups in total. The summed E-state index contributed by atoms with van der Waals surface area (Å²) in [6.07, 6.45) is 5.24. The van der Waals surface area contributed by atoms with Gasteiger partial charge in [-0.05, 0) is 44.1 Å². The molecule has 0 saturated carbocycles. The highest BCUT2D eigenvalue weighted by Gasteiger charge is 2.17. The van der Waals surface area contributed by atoms with Crippen molar-refractivity contribution in [2.45, 2.75) is 12.8 Å². The molecule has 1 fully saturated rings. The summed E-state index contributed by atoms with van der Waals surface area (Å²) in [5.41, 5.74) is 1.11. The van der Waals surface area contributed by atoms with Crippen LogP contribution in [0.3, 0.4) is 0 Å². The Kier molecular flexibility index (Phi) is 6.84. The summed E-state index contributed by atoms with van der Waals surface area (Å²) < 4.78 is 16.6. The average molecular weight is 451 g/mol. The zero-order chi connectivity index (χ0) is 23.2. The Morgan fingerprint density at radius 3 is 2.45 bits per heavy atom. The summed E-state index contributed by atoms with van der Waals surface area (Å²) in [4.78, 5) is 34.7. The second-order valence-electron chi connectivity index (χ2n) is 7.51. The fourth-order valence-electron chi connectivity index (χ4n) is 3.64. The molecule has 0 unspecified atom stereocenters. The van der Waals surface area contributed by atoms with Crippen molar-refractivity contribution >= 4 is 28.5 Å². The fourth-order valence-corrected chi connectivity index (χ4v) is 3.64. The molecule has 1 aliphatic rings. The topological polar surface area (TPSA) is 115 Å². The van der Waals surface area contributed by atoms with Crippen molar-refractivity contribution in [2.24, 2.45) is 0 Å². The Hall–Kier alpha value is -3.92. The van der Waals surface area contributed by atoms with Crippen molar-refractivity contribution in [1.82, 2.24) is 20.2 Å². The smallest absolute Gasteiger partial charge is 0.325 e. The Balaban J connectivity index is 1.40. The molecule has 10 nitrogen and oxygen atoms in total. The number of pyridine rings is 2. The van der Waals surface area contributed by atoms with Crippen molar-refractivity contribution in [3.8, 4) is 23.1 Å². The maximum Gasteiger partial charge on any atom is 0.325 e. The van der Waals surface area contributed by atoms with Crippen LogP contribution in [0.15, 0.2) is 42.7 Å². The molecule has 1 aromatic carbocycles. The molecule has 10 heteroatoms. The molecule has 172 valence electrons. The van der Waals surface area contributed by atoms with Crippen molar-refractivity contribution in [2.75, 3.05) is 39.2 Å². The molecule has 0 bridgehead atoms. The lowest BCUT2D eigenvalue weighted by Gasteiger charge is -2.14. The number of hydrogen-bond acceptors (Lipinski definition) is 8. The van der Waals surface area contributed by atoms with E-state index in [0.29, 0.717) is 34.3 Å². The van der Waals surface area contributed by atoms with Crippen LogP contribution in [-0.4, -0.2) is 60.7 Å². The molecule has 3 aromatic rings. The monoisotopic (exact) mass is 451 g/mol. The molecule has 0 radical (unpaired) electrons. The second kappa shape index (κ2) is 10.1. The van der Waals surface area contributed by atoms with Crippen LogP contribution >= 0.6 is 0 Å². The van der Waals surface area contributed by atoms with E-state index in [1.807, 2.05) is 4.90 Å². The standard InChI is InChI=1S/C23H25N5O5/c1-31-19-11-16-17(12-20(19)32-2)24-8-7-18(16)33-22-6-5-15(13-25-22)26-23(30)27-21(29)14-28-9-3-4-10-28/h5-8,11-13H,3-4,9-10,14H2,1-2H3,(H2,26,27,29,30). The molecule has 0 spiro atoms. The molecule has 1 saturated heterocycles. The highest BCUT2D eigenvalue weighted by molar-refractivity contribution is 6.01. The van der Waals surface area contributed by atoms with Crippen LogP contribution in [0.1, 0.15) is 12.8 Å². The van der Waals surface area contributed by atoms with Crippen LogP contribution < -0.4 is 24.8 Å². The van der Waals surface area contributed by atoms with Crippen LogP contribution in [0, 0.1) is 0 Å². The Bertz CT molecular complexity index is 1150. The first kappa shape index (κ1) is 22.3. The SMILES string of the molecule is COc1cc2nccc(Oc3ccc(NC(=O)NC(=O)CN4CCCC4)cn3)c2cc1OC. The molecular formula is C23H25N5O5. The maximum absolute atomic E-state index is 12.1. The minimum Gasteiger partial charge on any atom is -0.493 e. The Labute approximate surface area is 190 Å². The van der Waals surface area contributed by atoms with Gasteiger partial charge in [0, 0.05) is 23.7 Å². The first-order chi connectivity index (χ1) is 16.1. The number of fused-ring (bicyclic) bond motifs is 1. The number of rotatable bonds is 7. The lowest BCUT2D eigenvalue weighted by atomic mass is 10.2. The zero-order valence-corrected chi connectivity index (χ0v) is 18.5. The van der Waals surface area contributed by atoms with Crippen molar-refractivity contribution in [3.05, 3.63) is 42.7 Å². The number of hydrogen-bond donors (Lipinski definition) is 2. The van der Waals surface area contributed by atoms with E-state index in [2.05, 4.69) is 20.6 Å². The van der Waals surface area contributed by atoms with Crippen LogP contribution in [0.25, 0.3) is 10.9 Å². The van der Waals surface area contributed by atoms with Gasteiger partial charge in [0.15, 0.2) is 11.5 Å². The Morgan fingerprint density at radius 1 is 1.00 bits per heavy atom. The number of anilines is 1. The lowest BCUT2D eigenvalue weighted by molar-refractivity contribution is -0.120. The van der Waals surface area contributed by atoms with E-state index < -0.39 is 6.03 Å². The number of nitrogens with zero attached hydrogens (tertiary/aromatic N) is 3. The molecule has 3 heterocycles. The number of imide groups is 1. The average Bonchev–Trinajstić information content (AvgIpc) is 3.32. The van der Waals surface area contributed by atoms with Gasteiger partial charge in [0.2, 0.25) is 11.8 Å². The van der Waals surface area contributed by atoms with Gasteiger partial charge in [-0.1, -0.05) is 0 Å². The summed E-state index contributed by atoms with van der Waals surface area (Å²) in [6.45, 7) is 1.98. The number of carbonyl (C=O) groups excluding carboxylic acids is 2. The van der Waals surface area contributed by atoms with Gasteiger partial charge in [0.25, 0.3) is 0 Å². The number of amides is 3. The first-order valence-corrected chi connectivity index (χ1v) is 10.5. The number of urea groups is 1. The number of nitrogens with one attached hydrogen (secondary N) is 2. The minimum atomic E-state index is -0.601. The van der Waals surface area contributed by atoms with Gasteiger partial charge in [0.05, 0.1) is 38.2 Å². The van der Waals surface area contributed by atoms with Crippen molar-refractivity contribution in [3.63, 3.8) is 0 Å². The third kappa shape index (κ3) is 5.47. The number of likely N-dealkylation sites (tertiary alicyclic amines) is 1.